The standard InChI is InChI=1S/C11H16N2/c1-10(12)8-9-13(2)11-6-4-3-5-7-11/h3-7,12H,8-9H2,1-2H3. The number of benzene rings is 1. The molecular weight excluding hydrogens is 160 g/mol. The normalized spacial score (nSPS) is 9.69. The van der Waals surface area contributed by atoms with Crippen molar-refractivity contribution in [1.29, 1.82) is 5.41 Å². The second kappa shape index (κ2) is 4.65. The Morgan fingerprint density at radius 3 is 2.46 bits per heavy atom. The van der Waals surface area contributed by atoms with Crippen LogP contribution in [0.3, 0.4) is 0 Å². The highest BCUT2D eigenvalue weighted by Crippen LogP contribution is 2.10. The van der Waals surface area contributed by atoms with Crippen molar-refractivity contribution in [3.8, 4) is 0 Å². The van der Waals surface area contributed by atoms with Crippen LogP contribution in [-0.4, -0.2) is 19.3 Å². The first-order valence-electron chi connectivity index (χ1n) is 4.50. The van der Waals surface area contributed by atoms with Crippen molar-refractivity contribution < 1.29 is 0 Å². The van der Waals surface area contributed by atoms with E-state index >= 15 is 0 Å². The summed E-state index contributed by atoms with van der Waals surface area (Å²) >= 11 is 0. The molecule has 0 bridgehead atoms. The van der Waals surface area contributed by atoms with Crippen LogP contribution < -0.4 is 4.90 Å². The maximum Gasteiger partial charge on any atom is 0.0363 e. The minimum atomic E-state index is 0.739. The highest BCUT2D eigenvalue weighted by atomic mass is 15.1. The molecule has 0 unspecified atom stereocenters. The van der Waals surface area contributed by atoms with E-state index in [-0.39, 0.29) is 0 Å². The first-order valence-corrected chi connectivity index (χ1v) is 4.50. The second-order valence-corrected chi connectivity index (χ2v) is 3.29. The number of anilines is 1. The van der Waals surface area contributed by atoms with Gasteiger partial charge >= 0.3 is 0 Å². The van der Waals surface area contributed by atoms with E-state index in [0.29, 0.717) is 0 Å². The second-order valence-electron chi connectivity index (χ2n) is 3.29. The molecule has 70 valence electrons. The molecular formula is C11H16N2. The summed E-state index contributed by atoms with van der Waals surface area (Å²) in [5, 5.41) is 7.32. The van der Waals surface area contributed by atoms with Gasteiger partial charge in [-0.05, 0) is 19.1 Å². The van der Waals surface area contributed by atoms with Crippen LogP contribution in [0, 0.1) is 5.41 Å². The first kappa shape index (κ1) is 9.78. The minimum Gasteiger partial charge on any atom is -0.374 e. The van der Waals surface area contributed by atoms with Gasteiger partial charge in [0.05, 0.1) is 0 Å². The molecule has 13 heavy (non-hydrogen) atoms. The lowest BCUT2D eigenvalue weighted by Crippen LogP contribution is -2.19. The summed E-state index contributed by atoms with van der Waals surface area (Å²) in [7, 11) is 2.05. The fraction of sp³-hybridized carbons (Fsp3) is 0.364. The molecule has 0 aliphatic carbocycles. The predicted molar refractivity (Wildman–Crippen MR) is 57.7 cm³/mol. The summed E-state index contributed by atoms with van der Waals surface area (Å²) in [6.45, 7) is 2.76. The third-order valence-corrected chi connectivity index (χ3v) is 2.02. The predicted octanol–water partition coefficient (Wildman–Crippen LogP) is 2.55. The minimum absolute atomic E-state index is 0.739. The molecule has 0 radical (unpaired) electrons. The zero-order valence-electron chi connectivity index (χ0n) is 8.25. The molecule has 0 aromatic heterocycles. The topological polar surface area (TPSA) is 27.1 Å². The number of hydrogen-bond acceptors (Lipinski definition) is 2. The number of hydrogen-bond donors (Lipinski definition) is 1. The molecule has 0 atom stereocenters. The van der Waals surface area contributed by atoms with Gasteiger partial charge in [0.1, 0.15) is 0 Å². The largest absolute Gasteiger partial charge is 0.374 e. The van der Waals surface area contributed by atoms with E-state index in [9.17, 15) is 0 Å². The van der Waals surface area contributed by atoms with Crippen LogP contribution in [0.25, 0.3) is 0 Å². The lowest BCUT2D eigenvalue weighted by molar-refractivity contribution is 0.913. The molecule has 2 heteroatoms. The number of nitrogens with zero attached hydrogens (tertiary/aromatic N) is 1. The van der Waals surface area contributed by atoms with Gasteiger partial charge in [0.15, 0.2) is 0 Å². The van der Waals surface area contributed by atoms with Gasteiger partial charge in [0.2, 0.25) is 0 Å². The van der Waals surface area contributed by atoms with E-state index in [0.717, 1.165) is 18.7 Å². The van der Waals surface area contributed by atoms with Gasteiger partial charge in [-0.2, -0.15) is 0 Å². The van der Waals surface area contributed by atoms with Crippen molar-refractivity contribution in [3.63, 3.8) is 0 Å². The van der Waals surface area contributed by atoms with E-state index in [1.54, 1.807) is 0 Å². The first-order chi connectivity index (χ1) is 6.20. The monoisotopic (exact) mass is 176 g/mol. The van der Waals surface area contributed by atoms with Crippen molar-refractivity contribution in [2.45, 2.75) is 13.3 Å². The molecule has 0 aliphatic heterocycles. The highest BCUT2D eigenvalue weighted by molar-refractivity contribution is 5.79. The Morgan fingerprint density at radius 1 is 1.31 bits per heavy atom. The smallest absolute Gasteiger partial charge is 0.0363 e. The molecule has 0 saturated heterocycles. The molecule has 2 nitrogen and oxygen atoms in total. The van der Waals surface area contributed by atoms with Gasteiger partial charge in [-0.25, -0.2) is 0 Å². The van der Waals surface area contributed by atoms with E-state index in [1.165, 1.54) is 5.69 Å². The number of nitrogens with one attached hydrogen (secondary N) is 1. The Labute approximate surface area is 79.7 Å². The molecule has 0 amide bonds. The van der Waals surface area contributed by atoms with Crippen LogP contribution in [0.1, 0.15) is 13.3 Å². The summed E-state index contributed by atoms with van der Waals surface area (Å²) in [6, 6.07) is 10.2. The van der Waals surface area contributed by atoms with E-state index in [4.69, 9.17) is 5.41 Å². The fourth-order valence-electron chi connectivity index (χ4n) is 1.15. The van der Waals surface area contributed by atoms with Gasteiger partial charge in [-0.1, -0.05) is 18.2 Å². The number of rotatable bonds is 4. The third kappa shape index (κ3) is 3.28. The SMILES string of the molecule is CC(=N)CCN(C)c1ccccc1. The Bertz CT molecular complexity index is 267. The van der Waals surface area contributed by atoms with Crippen molar-refractivity contribution in [2.75, 3.05) is 18.5 Å². The Kier molecular flexibility index (Phi) is 3.50. The maximum atomic E-state index is 7.32. The van der Waals surface area contributed by atoms with Crippen molar-refractivity contribution >= 4 is 11.4 Å². The molecule has 1 aromatic rings. The van der Waals surface area contributed by atoms with Gasteiger partial charge in [-0.3, -0.25) is 0 Å². The lowest BCUT2D eigenvalue weighted by atomic mass is 10.2. The summed E-state index contributed by atoms with van der Waals surface area (Å²) in [4.78, 5) is 2.16. The molecule has 1 aromatic carbocycles. The zero-order chi connectivity index (χ0) is 9.68. The third-order valence-electron chi connectivity index (χ3n) is 2.02. The van der Waals surface area contributed by atoms with Crippen molar-refractivity contribution in [2.24, 2.45) is 0 Å². The molecule has 0 fully saturated rings. The molecule has 0 saturated carbocycles. The van der Waals surface area contributed by atoms with Gasteiger partial charge in [-0.15, -0.1) is 0 Å². The van der Waals surface area contributed by atoms with E-state index < -0.39 is 0 Å². The Hall–Kier alpha value is -1.31. The van der Waals surface area contributed by atoms with Crippen LogP contribution in [0.4, 0.5) is 5.69 Å². The maximum absolute atomic E-state index is 7.32. The molecule has 0 aliphatic rings. The Balaban J connectivity index is 2.49. The summed E-state index contributed by atoms with van der Waals surface area (Å²) in [6.07, 6.45) is 0.839. The molecule has 0 spiro atoms. The van der Waals surface area contributed by atoms with Crippen LogP contribution in [0.2, 0.25) is 0 Å². The van der Waals surface area contributed by atoms with Crippen LogP contribution in [-0.2, 0) is 0 Å². The zero-order valence-corrected chi connectivity index (χ0v) is 8.25. The fourth-order valence-corrected chi connectivity index (χ4v) is 1.15. The quantitative estimate of drug-likeness (QED) is 0.701. The molecule has 1 rings (SSSR count). The summed E-state index contributed by atoms with van der Waals surface area (Å²) in [5.41, 5.74) is 1.95. The lowest BCUT2D eigenvalue weighted by Gasteiger charge is -2.18. The van der Waals surface area contributed by atoms with Crippen molar-refractivity contribution in [1.82, 2.24) is 0 Å². The highest BCUT2D eigenvalue weighted by Gasteiger charge is 1.98. The van der Waals surface area contributed by atoms with Crippen LogP contribution >= 0.6 is 0 Å². The summed E-state index contributed by atoms with van der Waals surface area (Å²) in [5.74, 6) is 0. The van der Waals surface area contributed by atoms with Gasteiger partial charge in [0.25, 0.3) is 0 Å². The molecule has 1 N–H and O–H groups in total. The van der Waals surface area contributed by atoms with Crippen LogP contribution in [0.15, 0.2) is 30.3 Å². The van der Waals surface area contributed by atoms with Crippen LogP contribution in [0.5, 0.6) is 0 Å². The molecule has 0 heterocycles. The Morgan fingerprint density at radius 2 is 1.92 bits per heavy atom. The van der Waals surface area contributed by atoms with Crippen molar-refractivity contribution in [3.05, 3.63) is 30.3 Å². The average Bonchev–Trinajstić information content (AvgIpc) is 2.15. The van der Waals surface area contributed by atoms with E-state index in [1.807, 2.05) is 25.1 Å². The van der Waals surface area contributed by atoms with Gasteiger partial charge < -0.3 is 10.3 Å². The van der Waals surface area contributed by atoms with Gasteiger partial charge in [0, 0.05) is 31.4 Å². The number of para-hydroxylation sites is 1. The van der Waals surface area contributed by atoms with E-state index in [2.05, 4.69) is 24.1 Å². The summed E-state index contributed by atoms with van der Waals surface area (Å²) < 4.78 is 0. The average molecular weight is 176 g/mol.